The minimum absolute atomic E-state index is 0.495. The van der Waals surface area contributed by atoms with E-state index in [1.54, 1.807) is 6.20 Å². The van der Waals surface area contributed by atoms with Crippen molar-refractivity contribution in [2.45, 2.75) is 19.4 Å². The highest BCUT2D eigenvalue weighted by Crippen LogP contribution is 2.21. The molecule has 1 saturated heterocycles. The van der Waals surface area contributed by atoms with E-state index in [0.717, 1.165) is 40.9 Å². The summed E-state index contributed by atoms with van der Waals surface area (Å²) in [4.78, 5) is 6.78. The highest BCUT2D eigenvalue weighted by atomic mass is 35.5. The molecule has 138 valence electrons. The topological polar surface area (TPSA) is 63.2 Å². The van der Waals surface area contributed by atoms with Crippen molar-refractivity contribution in [2.24, 2.45) is 0 Å². The lowest BCUT2D eigenvalue weighted by Crippen LogP contribution is -2.19. The summed E-state index contributed by atoms with van der Waals surface area (Å²) >= 11 is 5.89. The van der Waals surface area contributed by atoms with Gasteiger partial charge in [0, 0.05) is 23.8 Å². The number of nitrogens with one attached hydrogen (secondary N) is 1. The molecule has 7 heteroatoms. The van der Waals surface area contributed by atoms with Gasteiger partial charge < -0.3 is 15.0 Å². The average Bonchev–Trinajstić information content (AvgIpc) is 3.24. The van der Waals surface area contributed by atoms with E-state index < -0.39 is 0 Å². The maximum absolute atomic E-state index is 5.89. The molecule has 0 spiro atoms. The van der Waals surface area contributed by atoms with Crippen LogP contribution in [0.5, 0.6) is 5.75 Å². The largest absolute Gasteiger partial charge is 0.489 e. The van der Waals surface area contributed by atoms with Gasteiger partial charge in [0.2, 0.25) is 5.95 Å². The molecule has 1 fully saturated rings. The summed E-state index contributed by atoms with van der Waals surface area (Å²) in [5.74, 6) is 2.16. The first kappa shape index (κ1) is 17.5. The fourth-order valence-corrected chi connectivity index (χ4v) is 3.08. The second kappa shape index (κ2) is 8.22. The number of aromatic nitrogens is 3. The summed E-state index contributed by atoms with van der Waals surface area (Å²) in [7, 11) is 0. The lowest BCUT2D eigenvalue weighted by atomic mass is 10.2. The van der Waals surface area contributed by atoms with Crippen LogP contribution in [0.3, 0.4) is 0 Å². The van der Waals surface area contributed by atoms with Gasteiger partial charge in [-0.25, -0.2) is 0 Å². The standard InChI is InChI=1S/C20H20ClN5O/c21-16-5-3-15(4-6-16)14-27-18-9-7-17(8-10-18)23-20-24-19(13-22-25-20)26-11-1-2-12-26/h3-10,13H,1-2,11-12,14H2,(H,23,24,25). The highest BCUT2D eigenvalue weighted by Gasteiger charge is 2.14. The third kappa shape index (κ3) is 4.65. The van der Waals surface area contributed by atoms with E-state index in [1.807, 2.05) is 48.5 Å². The van der Waals surface area contributed by atoms with Gasteiger partial charge >= 0.3 is 0 Å². The summed E-state index contributed by atoms with van der Waals surface area (Å²) in [5, 5.41) is 12.0. The van der Waals surface area contributed by atoms with Gasteiger partial charge in [0.15, 0.2) is 5.82 Å². The molecule has 27 heavy (non-hydrogen) atoms. The maximum Gasteiger partial charge on any atom is 0.249 e. The molecule has 2 heterocycles. The van der Waals surface area contributed by atoms with Gasteiger partial charge in [0.25, 0.3) is 0 Å². The van der Waals surface area contributed by atoms with E-state index in [9.17, 15) is 0 Å². The molecule has 0 saturated carbocycles. The number of ether oxygens (including phenoxy) is 1. The van der Waals surface area contributed by atoms with Crippen molar-refractivity contribution in [3.63, 3.8) is 0 Å². The molecule has 0 radical (unpaired) electrons. The Morgan fingerprint density at radius 3 is 2.48 bits per heavy atom. The molecule has 0 amide bonds. The van der Waals surface area contributed by atoms with Gasteiger partial charge in [-0.1, -0.05) is 23.7 Å². The molecule has 3 aromatic rings. The number of hydrogen-bond acceptors (Lipinski definition) is 6. The van der Waals surface area contributed by atoms with E-state index in [4.69, 9.17) is 16.3 Å². The lowest BCUT2D eigenvalue weighted by molar-refractivity contribution is 0.306. The first-order valence-electron chi connectivity index (χ1n) is 8.95. The molecule has 1 N–H and O–H groups in total. The molecule has 2 aromatic carbocycles. The smallest absolute Gasteiger partial charge is 0.249 e. The van der Waals surface area contributed by atoms with E-state index in [2.05, 4.69) is 25.4 Å². The summed E-state index contributed by atoms with van der Waals surface area (Å²) in [6, 6.07) is 15.3. The van der Waals surface area contributed by atoms with Crippen LogP contribution in [0.1, 0.15) is 18.4 Å². The summed E-state index contributed by atoms with van der Waals surface area (Å²) in [6.07, 6.45) is 4.11. The number of halogens is 1. The van der Waals surface area contributed by atoms with Crippen LogP contribution in [0.25, 0.3) is 0 Å². The fourth-order valence-electron chi connectivity index (χ4n) is 2.96. The van der Waals surface area contributed by atoms with Gasteiger partial charge in [-0.15, -0.1) is 5.10 Å². The van der Waals surface area contributed by atoms with Crippen molar-refractivity contribution < 1.29 is 4.74 Å². The molecule has 0 unspecified atom stereocenters. The van der Waals surface area contributed by atoms with Crippen molar-refractivity contribution in [3.05, 3.63) is 65.3 Å². The fraction of sp³-hybridized carbons (Fsp3) is 0.250. The zero-order valence-corrected chi connectivity index (χ0v) is 15.6. The van der Waals surface area contributed by atoms with Crippen LogP contribution in [-0.2, 0) is 6.61 Å². The number of benzene rings is 2. The Morgan fingerprint density at radius 2 is 1.74 bits per heavy atom. The second-order valence-electron chi connectivity index (χ2n) is 6.40. The number of rotatable bonds is 6. The van der Waals surface area contributed by atoms with Crippen LogP contribution < -0.4 is 15.0 Å². The van der Waals surface area contributed by atoms with Gasteiger partial charge in [0.1, 0.15) is 12.4 Å². The molecule has 0 aliphatic carbocycles. The summed E-state index contributed by atoms with van der Waals surface area (Å²) in [6.45, 7) is 2.55. The number of hydrogen-bond donors (Lipinski definition) is 1. The van der Waals surface area contributed by atoms with Crippen LogP contribution in [0.2, 0.25) is 5.02 Å². The van der Waals surface area contributed by atoms with Crippen LogP contribution >= 0.6 is 11.6 Å². The van der Waals surface area contributed by atoms with Gasteiger partial charge in [-0.05, 0) is 54.8 Å². The molecule has 0 atom stereocenters. The minimum Gasteiger partial charge on any atom is -0.489 e. The minimum atomic E-state index is 0.495. The van der Waals surface area contributed by atoms with E-state index in [1.165, 1.54) is 12.8 Å². The van der Waals surface area contributed by atoms with Gasteiger partial charge in [0.05, 0.1) is 6.20 Å². The summed E-state index contributed by atoms with van der Waals surface area (Å²) in [5.41, 5.74) is 1.95. The van der Waals surface area contributed by atoms with Crippen LogP contribution in [-0.4, -0.2) is 28.3 Å². The van der Waals surface area contributed by atoms with Crippen molar-refractivity contribution >= 4 is 29.1 Å². The predicted molar refractivity (Wildman–Crippen MR) is 107 cm³/mol. The molecule has 4 rings (SSSR count). The molecule has 1 aromatic heterocycles. The number of anilines is 3. The molecular weight excluding hydrogens is 362 g/mol. The SMILES string of the molecule is Clc1ccc(COc2ccc(Nc3nncc(N4CCCC4)n3)cc2)cc1. The Morgan fingerprint density at radius 1 is 1.00 bits per heavy atom. The van der Waals surface area contributed by atoms with Gasteiger partial charge in [-0.3, -0.25) is 0 Å². The predicted octanol–water partition coefficient (Wildman–Crippen LogP) is 4.45. The summed E-state index contributed by atoms with van der Waals surface area (Å²) < 4.78 is 5.80. The molecule has 1 aliphatic rings. The van der Waals surface area contributed by atoms with Gasteiger partial charge in [-0.2, -0.15) is 10.1 Å². The zero-order chi connectivity index (χ0) is 18.5. The molecule has 6 nitrogen and oxygen atoms in total. The Balaban J connectivity index is 1.36. The van der Waals surface area contributed by atoms with Crippen LogP contribution in [0, 0.1) is 0 Å². The van der Waals surface area contributed by atoms with E-state index >= 15 is 0 Å². The maximum atomic E-state index is 5.89. The Kier molecular flexibility index (Phi) is 5.34. The number of nitrogens with zero attached hydrogens (tertiary/aromatic N) is 4. The molecule has 0 bridgehead atoms. The quantitative estimate of drug-likeness (QED) is 0.680. The zero-order valence-electron chi connectivity index (χ0n) is 14.8. The molecule has 1 aliphatic heterocycles. The highest BCUT2D eigenvalue weighted by molar-refractivity contribution is 6.30. The molecular formula is C20H20ClN5O. The Hall–Kier alpha value is -2.86. The van der Waals surface area contributed by atoms with Crippen molar-refractivity contribution in [1.82, 2.24) is 15.2 Å². The van der Waals surface area contributed by atoms with Crippen LogP contribution in [0.4, 0.5) is 17.5 Å². The van der Waals surface area contributed by atoms with Crippen molar-refractivity contribution in [3.8, 4) is 5.75 Å². The first-order valence-corrected chi connectivity index (χ1v) is 9.33. The Labute approximate surface area is 163 Å². The third-order valence-corrected chi connectivity index (χ3v) is 4.66. The van der Waals surface area contributed by atoms with Crippen LogP contribution in [0.15, 0.2) is 54.7 Å². The monoisotopic (exact) mass is 381 g/mol. The van der Waals surface area contributed by atoms with E-state index in [0.29, 0.717) is 12.6 Å². The first-order chi connectivity index (χ1) is 13.3. The average molecular weight is 382 g/mol. The van der Waals surface area contributed by atoms with E-state index in [-0.39, 0.29) is 0 Å². The Bertz CT molecular complexity index is 880. The van der Waals surface area contributed by atoms with Crippen molar-refractivity contribution in [2.75, 3.05) is 23.3 Å². The second-order valence-corrected chi connectivity index (χ2v) is 6.83. The van der Waals surface area contributed by atoms with Crippen molar-refractivity contribution in [1.29, 1.82) is 0 Å². The lowest BCUT2D eigenvalue weighted by Gasteiger charge is -2.16. The normalized spacial score (nSPS) is 13.6. The third-order valence-electron chi connectivity index (χ3n) is 4.41.